The van der Waals surface area contributed by atoms with Crippen molar-refractivity contribution in [3.63, 3.8) is 0 Å². The maximum absolute atomic E-state index is 10.2. The Morgan fingerprint density at radius 3 is 2.72 bits per heavy atom. The van der Waals surface area contributed by atoms with Crippen molar-refractivity contribution in [1.29, 1.82) is 0 Å². The van der Waals surface area contributed by atoms with Crippen LogP contribution in [0.4, 0.5) is 23.3 Å². The lowest BCUT2D eigenvalue weighted by atomic mass is 10.3. The molecular formula is C11H12N6O. The summed E-state index contributed by atoms with van der Waals surface area (Å²) in [6.07, 6.45) is 2.16. The highest BCUT2D eigenvalue weighted by Crippen LogP contribution is 2.16. The predicted molar refractivity (Wildman–Crippen MR) is 68.4 cm³/mol. The summed E-state index contributed by atoms with van der Waals surface area (Å²) in [5, 5.41) is 5.50. The van der Waals surface area contributed by atoms with Gasteiger partial charge in [-0.15, -0.1) is 0 Å². The topological polar surface area (TPSA) is 106 Å². The van der Waals surface area contributed by atoms with Gasteiger partial charge >= 0.3 is 0 Å². The second-order valence-corrected chi connectivity index (χ2v) is 3.57. The minimum atomic E-state index is 0.213. The van der Waals surface area contributed by atoms with Crippen LogP contribution in [-0.4, -0.2) is 21.4 Å². The first-order valence-electron chi connectivity index (χ1n) is 5.22. The Bertz CT molecular complexity index is 534. The van der Waals surface area contributed by atoms with Crippen LogP contribution >= 0.6 is 0 Å². The molecule has 0 fully saturated rings. The molecule has 0 saturated carbocycles. The Morgan fingerprint density at radius 2 is 2.11 bits per heavy atom. The molecule has 4 N–H and O–H groups in total. The molecule has 0 aliphatic rings. The van der Waals surface area contributed by atoms with Gasteiger partial charge in [0, 0.05) is 11.8 Å². The summed E-state index contributed by atoms with van der Waals surface area (Å²) in [5.41, 5.74) is 7.07. The molecule has 0 aromatic carbocycles. The fourth-order valence-electron chi connectivity index (χ4n) is 1.42. The molecule has 0 unspecified atom stereocenters. The minimum absolute atomic E-state index is 0.213. The number of nitrogen functional groups attached to an aromatic ring is 1. The average Bonchev–Trinajstić information content (AvgIpc) is 2.31. The van der Waals surface area contributed by atoms with E-state index in [-0.39, 0.29) is 5.95 Å². The number of pyridine rings is 1. The molecular weight excluding hydrogens is 232 g/mol. The first-order valence-corrected chi connectivity index (χ1v) is 5.22. The van der Waals surface area contributed by atoms with Gasteiger partial charge in [-0.25, -0.2) is 9.97 Å². The van der Waals surface area contributed by atoms with Crippen LogP contribution in [0.2, 0.25) is 0 Å². The lowest BCUT2D eigenvalue weighted by Crippen LogP contribution is -2.02. The molecule has 0 spiro atoms. The Hall–Kier alpha value is -2.70. The van der Waals surface area contributed by atoms with Crippen LogP contribution in [0.25, 0.3) is 0 Å². The number of amides is 1. The van der Waals surface area contributed by atoms with Crippen LogP contribution in [0.1, 0.15) is 5.69 Å². The van der Waals surface area contributed by atoms with Crippen LogP contribution in [0.3, 0.4) is 0 Å². The lowest BCUT2D eigenvalue weighted by Gasteiger charge is -2.07. The summed E-state index contributed by atoms with van der Waals surface area (Å²) in [5.74, 6) is 1.29. The van der Waals surface area contributed by atoms with Crippen molar-refractivity contribution in [2.24, 2.45) is 0 Å². The Balaban J connectivity index is 2.15. The van der Waals surface area contributed by atoms with E-state index < -0.39 is 0 Å². The number of aryl methyl sites for hydroxylation is 1. The van der Waals surface area contributed by atoms with Crippen molar-refractivity contribution in [2.45, 2.75) is 6.92 Å². The normalized spacial score (nSPS) is 9.83. The summed E-state index contributed by atoms with van der Waals surface area (Å²) in [4.78, 5) is 22.3. The van der Waals surface area contributed by atoms with E-state index in [4.69, 9.17) is 5.73 Å². The van der Waals surface area contributed by atoms with Gasteiger partial charge in [-0.1, -0.05) is 0 Å². The number of nitrogens with zero attached hydrogens (tertiary/aromatic N) is 3. The van der Waals surface area contributed by atoms with Crippen molar-refractivity contribution in [2.75, 3.05) is 16.4 Å². The smallest absolute Gasteiger partial charge is 0.222 e. The Kier molecular flexibility index (Phi) is 3.33. The molecule has 1 amide bonds. The van der Waals surface area contributed by atoms with Gasteiger partial charge in [0.05, 0.1) is 11.9 Å². The molecule has 18 heavy (non-hydrogen) atoms. The standard InChI is InChI=1S/C11H12N6O/c1-7-4-10(17-11(12)15-7)16-8-2-3-9(13-5-8)14-6-18/h2-6H,1H3,(H,13,14,18)(H3,12,15,16,17). The summed E-state index contributed by atoms with van der Waals surface area (Å²) in [7, 11) is 0. The molecule has 2 aromatic heterocycles. The summed E-state index contributed by atoms with van der Waals surface area (Å²) >= 11 is 0. The zero-order valence-corrected chi connectivity index (χ0v) is 9.71. The molecule has 2 rings (SSSR count). The molecule has 0 atom stereocenters. The van der Waals surface area contributed by atoms with E-state index in [2.05, 4.69) is 25.6 Å². The molecule has 92 valence electrons. The Labute approximate surface area is 103 Å². The number of nitrogens with two attached hydrogens (primary N) is 1. The molecule has 0 bridgehead atoms. The molecule has 7 nitrogen and oxygen atoms in total. The van der Waals surface area contributed by atoms with Gasteiger partial charge < -0.3 is 16.4 Å². The SMILES string of the molecule is Cc1cc(Nc2ccc(NC=O)nc2)nc(N)n1. The van der Waals surface area contributed by atoms with Crippen LogP contribution in [0.5, 0.6) is 0 Å². The molecule has 0 aliphatic heterocycles. The first-order chi connectivity index (χ1) is 8.67. The molecule has 0 saturated heterocycles. The van der Waals surface area contributed by atoms with Crippen LogP contribution in [-0.2, 0) is 4.79 Å². The summed E-state index contributed by atoms with van der Waals surface area (Å²) in [6.45, 7) is 1.83. The number of hydrogen-bond acceptors (Lipinski definition) is 6. The number of carbonyl (C=O) groups excluding carboxylic acids is 1. The fraction of sp³-hybridized carbons (Fsp3) is 0.0909. The van der Waals surface area contributed by atoms with Crippen LogP contribution in [0, 0.1) is 6.92 Å². The summed E-state index contributed by atoms with van der Waals surface area (Å²) < 4.78 is 0. The van der Waals surface area contributed by atoms with Gasteiger partial charge in [-0.05, 0) is 19.1 Å². The van der Waals surface area contributed by atoms with Gasteiger partial charge in [0.1, 0.15) is 11.6 Å². The first kappa shape index (κ1) is 11.8. The second-order valence-electron chi connectivity index (χ2n) is 3.57. The van der Waals surface area contributed by atoms with E-state index in [1.165, 1.54) is 0 Å². The third kappa shape index (κ3) is 2.91. The van der Waals surface area contributed by atoms with Crippen molar-refractivity contribution >= 4 is 29.7 Å². The van der Waals surface area contributed by atoms with Crippen molar-refractivity contribution in [1.82, 2.24) is 15.0 Å². The number of hydrogen-bond donors (Lipinski definition) is 3. The molecule has 7 heteroatoms. The van der Waals surface area contributed by atoms with E-state index in [0.29, 0.717) is 18.0 Å². The predicted octanol–water partition coefficient (Wildman–Crippen LogP) is 1.07. The quantitative estimate of drug-likeness (QED) is 0.695. The summed E-state index contributed by atoms with van der Waals surface area (Å²) in [6, 6.07) is 5.22. The van der Waals surface area contributed by atoms with Gasteiger partial charge in [0.2, 0.25) is 12.4 Å². The lowest BCUT2D eigenvalue weighted by molar-refractivity contribution is -0.105. The van der Waals surface area contributed by atoms with Gasteiger partial charge in [0.25, 0.3) is 0 Å². The van der Waals surface area contributed by atoms with E-state index in [9.17, 15) is 4.79 Å². The van der Waals surface area contributed by atoms with E-state index >= 15 is 0 Å². The fourth-order valence-corrected chi connectivity index (χ4v) is 1.42. The zero-order chi connectivity index (χ0) is 13.0. The van der Waals surface area contributed by atoms with Crippen LogP contribution in [0.15, 0.2) is 24.4 Å². The highest BCUT2D eigenvalue weighted by Gasteiger charge is 2.00. The van der Waals surface area contributed by atoms with Gasteiger partial charge in [-0.3, -0.25) is 4.79 Å². The maximum atomic E-state index is 10.2. The number of rotatable bonds is 4. The van der Waals surface area contributed by atoms with Crippen molar-refractivity contribution < 1.29 is 4.79 Å². The van der Waals surface area contributed by atoms with Crippen LogP contribution < -0.4 is 16.4 Å². The maximum Gasteiger partial charge on any atom is 0.222 e. The second kappa shape index (κ2) is 5.09. The van der Waals surface area contributed by atoms with Crippen molar-refractivity contribution in [3.05, 3.63) is 30.1 Å². The Morgan fingerprint density at radius 1 is 1.28 bits per heavy atom. The largest absolute Gasteiger partial charge is 0.368 e. The highest BCUT2D eigenvalue weighted by molar-refractivity contribution is 5.69. The monoisotopic (exact) mass is 244 g/mol. The number of anilines is 4. The van der Waals surface area contributed by atoms with E-state index in [1.807, 2.05) is 6.92 Å². The number of carbonyl (C=O) groups is 1. The number of nitrogens with one attached hydrogen (secondary N) is 2. The van der Waals surface area contributed by atoms with E-state index in [1.54, 1.807) is 24.4 Å². The molecule has 2 aromatic rings. The third-order valence-electron chi connectivity index (χ3n) is 2.11. The molecule has 0 aliphatic carbocycles. The van der Waals surface area contributed by atoms with E-state index in [0.717, 1.165) is 11.4 Å². The third-order valence-corrected chi connectivity index (χ3v) is 2.11. The minimum Gasteiger partial charge on any atom is -0.368 e. The molecule has 0 radical (unpaired) electrons. The van der Waals surface area contributed by atoms with Gasteiger partial charge in [0.15, 0.2) is 0 Å². The average molecular weight is 244 g/mol. The highest BCUT2D eigenvalue weighted by atomic mass is 16.1. The van der Waals surface area contributed by atoms with Crippen molar-refractivity contribution in [3.8, 4) is 0 Å². The van der Waals surface area contributed by atoms with Gasteiger partial charge in [-0.2, -0.15) is 4.98 Å². The molecule has 2 heterocycles. The zero-order valence-electron chi connectivity index (χ0n) is 9.71. The number of aromatic nitrogens is 3.